The Morgan fingerprint density at radius 3 is 2.06 bits per heavy atom. The molecular weight excluding hydrogens is 230 g/mol. The first-order valence-electron chi connectivity index (χ1n) is 5.72. The molecule has 1 N–H and O–H groups in total. The molecule has 0 radical (unpaired) electrons. The molecule has 0 aliphatic heterocycles. The topological polar surface area (TPSA) is 12.0 Å². The molecule has 0 fully saturated rings. The lowest BCUT2D eigenvalue weighted by atomic mass is 10.1. The van der Waals surface area contributed by atoms with Gasteiger partial charge in [0.15, 0.2) is 0 Å². The van der Waals surface area contributed by atoms with E-state index in [9.17, 15) is 0 Å². The van der Waals surface area contributed by atoms with E-state index in [2.05, 4.69) is 48.6 Å². The Kier molecular flexibility index (Phi) is 4.05. The highest BCUT2D eigenvalue weighted by Gasteiger charge is 1.95. The summed E-state index contributed by atoms with van der Waals surface area (Å²) in [7, 11) is 0. The molecule has 0 saturated heterocycles. The highest BCUT2D eigenvalue weighted by Crippen LogP contribution is 2.12. The van der Waals surface area contributed by atoms with Crippen LogP contribution in [-0.2, 0) is 12.4 Å². The molecule has 0 saturated carbocycles. The maximum atomic E-state index is 5.75. The van der Waals surface area contributed by atoms with Crippen LogP contribution >= 0.6 is 11.6 Å². The van der Waals surface area contributed by atoms with Crippen molar-refractivity contribution in [1.82, 2.24) is 0 Å². The maximum absolute atomic E-state index is 5.75. The molecule has 0 spiro atoms. The third-order valence-corrected chi connectivity index (χ3v) is 3.03. The largest absolute Gasteiger partial charge is 0.381 e. The Balaban J connectivity index is 1.95. The van der Waals surface area contributed by atoms with E-state index in [4.69, 9.17) is 11.6 Å². The first kappa shape index (κ1) is 12.0. The van der Waals surface area contributed by atoms with E-state index in [1.807, 2.05) is 12.1 Å². The second-order valence-corrected chi connectivity index (χ2v) is 4.44. The minimum absolute atomic E-state index is 0.568. The summed E-state index contributed by atoms with van der Waals surface area (Å²) in [5.74, 6) is 0.568. The van der Waals surface area contributed by atoms with Crippen molar-refractivity contribution in [2.45, 2.75) is 19.3 Å². The van der Waals surface area contributed by atoms with Crippen molar-refractivity contribution in [2.75, 3.05) is 5.32 Å². The smallest absolute Gasteiger partial charge is 0.0474 e. The molecule has 0 aliphatic carbocycles. The van der Waals surface area contributed by atoms with Gasteiger partial charge in [0.1, 0.15) is 0 Å². The van der Waals surface area contributed by atoms with Gasteiger partial charge in [-0.3, -0.25) is 0 Å². The van der Waals surface area contributed by atoms with Crippen LogP contribution in [0.15, 0.2) is 48.5 Å². The van der Waals surface area contributed by atoms with Crippen molar-refractivity contribution in [3.05, 3.63) is 65.2 Å². The Bertz CT molecular complexity index is 459. The average molecular weight is 246 g/mol. The Morgan fingerprint density at radius 2 is 1.47 bits per heavy atom. The quantitative estimate of drug-likeness (QED) is 0.790. The molecule has 2 aromatic carbocycles. The molecule has 0 atom stereocenters. The zero-order valence-electron chi connectivity index (χ0n) is 9.91. The van der Waals surface area contributed by atoms with Crippen molar-refractivity contribution in [2.24, 2.45) is 0 Å². The van der Waals surface area contributed by atoms with Gasteiger partial charge in [-0.1, -0.05) is 42.0 Å². The lowest BCUT2D eigenvalue weighted by Gasteiger charge is -2.07. The standard InChI is InChI=1S/C15H16ClN/c1-12-2-4-14(5-3-12)11-17-15-8-6-13(10-16)7-9-15/h2-9,17H,10-11H2,1H3. The Morgan fingerprint density at radius 1 is 0.882 bits per heavy atom. The number of anilines is 1. The van der Waals surface area contributed by atoms with Crippen LogP contribution in [0, 0.1) is 6.92 Å². The van der Waals surface area contributed by atoms with E-state index >= 15 is 0 Å². The van der Waals surface area contributed by atoms with Crippen LogP contribution in [0.1, 0.15) is 16.7 Å². The van der Waals surface area contributed by atoms with Gasteiger partial charge in [-0.25, -0.2) is 0 Å². The molecule has 0 aromatic heterocycles. The van der Waals surface area contributed by atoms with E-state index in [1.54, 1.807) is 0 Å². The summed E-state index contributed by atoms with van der Waals surface area (Å²) in [4.78, 5) is 0. The SMILES string of the molecule is Cc1ccc(CNc2ccc(CCl)cc2)cc1. The molecule has 0 bridgehead atoms. The number of halogens is 1. The van der Waals surface area contributed by atoms with Gasteiger partial charge in [-0.2, -0.15) is 0 Å². The van der Waals surface area contributed by atoms with Crippen LogP contribution in [-0.4, -0.2) is 0 Å². The fourth-order valence-corrected chi connectivity index (χ4v) is 1.80. The summed E-state index contributed by atoms with van der Waals surface area (Å²) in [6.45, 7) is 2.95. The van der Waals surface area contributed by atoms with Crippen LogP contribution in [0.25, 0.3) is 0 Å². The van der Waals surface area contributed by atoms with Gasteiger partial charge in [-0.05, 0) is 30.2 Å². The van der Waals surface area contributed by atoms with Gasteiger partial charge in [0.2, 0.25) is 0 Å². The van der Waals surface area contributed by atoms with E-state index in [0.717, 1.165) is 17.8 Å². The molecule has 2 rings (SSSR count). The van der Waals surface area contributed by atoms with Crippen LogP contribution < -0.4 is 5.32 Å². The summed E-state index contributed by atoms with van der Waals surface area (Å²) in [6, 6.07) is 16.8. The predicted molar refractivity (Wildman–Crippen MR) is 74.5 cm³/mol. The first-order chi connectivity index (χ1) is 8.28. The van der Waals surface area contributed by atoms with Gasteiger partial charge < -0.3 is 5.32 Å². The molecule has 0 heterocycles. The van der Waals surface area contributed by atoms with Crippen molar-refractivity contribution >= 4 is 17.3 Å². The molecule has 88 valence electrons. The lowest BCUT2D eigenvalue weighted by molar-refractivity contribution is 1.14. The zero-order chi connectivity index (χ0) is 12.1. The summed E-state index contributed by atoms with van der Waals surface area (Å²) >= 11 is 5.75. The number of alkyl halides is 1. The number of aryl methyl sites for hydroxylation is 1. The molecule has 0 aliphatic rings. The number of nitrogens with one attached hydrogen (secondary N) is 1. The monoisotopic (exact) mass is 245 g/mol. The second kappa shape index (κ2) is 5.74. The summed E-state index contributed by atoms with van der Waals surface area (Å²) in [5, 5.41) is 3.39. The van der Waals surface area contributed by atoms with Crippen molar-refractivity contribution in [3.63, 3.8) is 0 Å². The summed E-state index contributed by atoms with van der Waals surface area (Å²) in [5.41, 5.74) is 4.85. The van der Waals surface area contributed by atoms with E-state index < -0.39 is 0 Å². The molecule has 0 amide bonds. The molecular formula is C15H16ClN. The van der Waals surface area contributed by atoms with Crippen LogP contribution in [0.4, 0.5) is 5.69 Å². The van der Waals surface area contributed by atoms with E-state index in [0.29, 0.717) is 5.88 Å². The van der Waals surface area contributed by atoms with Gasteiger partial charge in [-0.15, -0.1) is 11.6 Å². The minimum atomic E-state index is 0.568. The van der Waals surface area contributed by atoms with Gasteiger partial charge in [0.25, 0.3) is 0 Å². The van der Waals surface area contributed by atoms with Gasteiger partial charge >= 0.3 is 0 Å². The fraction of sp³-hybridized carbons (Fsp3) is 0.200. The van der Waals surface area contributed by atoms with Crippen LogP contribution in [0.5, 0.6) is 0 Å². The highest BCUT2D eigenvalue weighted by atomic mass is 35.5. The van der Waals surface area contributed by atoms with Crippen molar-refractivity contribution in [1.29, 1.82) is 0 Å². The van der Waals surface area contributed by atoms with Gasteiger partial charge in [0.05, 0.1) is 0 Å². The zero-order valence-corrected chi connectivity index (χ0v) is 10.7. The molecule has 0 unspecified atom stereocenters. The molecule has 2 heteroatoms. The van der Waals surface area contributed by atoms with E-state index in [-0.39, 0.29) is 0 Å². The Hall–Kier alpha value is -1.47. The average Bonchev–Trinajstić information content (AvgIpc) is 2.39. The normalized spacial score (nSPS) is 10.2. The number of hydrogen-bond donors (Lipinski definition) is 1. The lowest BCUT2D eigenvalue weighted by Crippen LogP contribution is -1.99. The first-order valence-corrected chi connectivity index (χ1v) is 6.26. The predicted octanol–water partition coefficient (Wildman–Crippen LogP) is 4.35. The second-order valence-electron chi connectivity index (χ2n) is 4.17. The minimum Gasteiger partial charge on any atom is -0.381 e. The van der Waals surface area contributed by atoms with Crippen LogP contribution in [0.3, 0.4) is 0 Å². The Labute approximate surface area is 107 Å². The van der Waals surface area contributed by atoms with E-state index in [1.165, 1.54) is 11.1 Å². The van der Waals surface area contributed by atoms with Crippen molar-refractivity contribution < 1.29 is 0 Å². The number of rotatable bonds is 4. The highest BCUT2D eigenvalue weighted by molar-refractivity contribution is 6.17. The number of benzene rings is 2. The summed E-state index contributed by atoms with van der Waals surface area (Å²) in [6.07, 6.45) is 0. The molecule has 2 aromatic rings. The number of hydrogen-bond acceptors (Lipinski definition) is 1. The maximum Gasteiger partial charge on any atom is 0.0474 e. The van der Waals surface area contributed by atoms with Gasteiger partial charge in [0, 0.05) is 18.1 Å². The summed E-state index contributed by atoms with van der Waals surface area (Å²) < 4.78 is 0. The van der Waals surface area contributed by atoms with Crippen LogP contribution in [0.2, 0.25) is 0 Å². The third-order valence-electron chi connectivity index (χ3n) is 2.73. The fourth-order valence-electron chi connectivity index (χ4n) is 1.62. The molecule has 1 nitrogen and oxygen atoms in total. The molecule has 17 heavy (non-hydrogen) atoms. The third kappa shape index (κ3) is 3.50. The van der Waals surface area contributed by atoms with Crippen molar-refractivity contribution in [3.8, 4) is 0 Å².